The number of benzene rings is 1. The van der Waals surface area contributed by atoms with E-state index in [-0.39, 0.29) is 11.9 Å². The van der Waals surface area contributed by atoms with Crippen molar-refractivity contribution in [2.75, 3.05) is 24.5 Å². The van der Waals surface area contributed by atoms with Crippen molar-refractivity contribution in [1.29, 1.82) is 0 Å². The molecule has 0 spiro atoms. The Kier molecular flexibility index (Phi) is 4.28. The van der Waals surface area contributed by atoms with Gasteiger partial charge in [0, 0.05) is 37.9 Å². The molecule has 120 valence electrons. The van der Waals surface area contributed by atoms with Crippen LogP contribution in [-0.4, -0.2) is 40.4 Å². The molecule has 5 nitrogen and oxygen atoms in total. The van der Waals surface area contributed by atoms with E-state index in [4.69, 9.17) is 0 Å². The Bertz CT molecular complexity index is 681. The third-order valence-electron chi connectivity index (χ3n) is 4.22. The SMILES string of the molecule is CC(=O)N1CCN(c2nc(C)cc(C)n2)CC1c1ccccc1. The number of aryl methyl sites for hydroxylation is 2. The number of aromatic nitrogens is 2. The van der Waals surface area contributed by atoms with Crippen LogP contribution in [0.4, 0.5) is 5.95 Å². The molecule has 0 N–H and O–H groups in total. The van der Waals surface area contributed by atoms with Gasteiger partial charge in [0.25, 0.3) is 0 Å². The van der Waals surface area contributed by atoms with E-state index < -0.39 is 0 Å². The molecule has 1 aliphatic heterocycles. The van der Waals surface area contributed by atoms with Crippen LogP contribution in [0.15, 0.2) is 36.4 Å². The van der Waals surface area contributed by atoms with Gasteiger partial charge in [0.2, 0.25) is 11.9 Å². The lowest BCUT2D eigenvalue weighted by Crippen LogP contribution is -2.50. The maximum Gasteiger partial charge on any atom is 0.225 e. The molecule has 1 saturated heterocycles. The Morgan fingerprint density at radius 1 is 1.09 bits per heavy atom. The Morgan fingerprint density at radius 3 is 2.35 bits per heavy atom. The van der Waals surface area contributed by atoms with Crippen molar-refractivity contribution in [2.24, 2.45) is 0 Å². The molecule has 0 saturated carbocycles. The second-order valence-electron chi connectivity index (χ2n) is 6.04. The van der Waals surface area contributed by atoms with Gasteiger partial charge in [-0.3, -0.25) is 4.79 Å². The Balaban J connectivity index is 1.90. The molecule has 1 fully saturated rings. The van der Waals surface area contributed by atoms with Crippen LogP contribution in [-0.2, 0) is 4.79 Å². The average Bonchev–Trinajstić information content (AvgIpc) is 2.54. The van der Waals surface area contributed by atoms with Crippen molar-refractivity contribution < 1.29 is 4.79 Å². The van der Waals surface area contributed by atoms with Gasteiger partial charge < -0.3 is 9.80 Å². The van der Waals surface area contributed by atoms with Gasteiger partial charge in [-0.15, -0.1) is 0 Å². The smallest absolute Gasteiger partial charge is 0.225 e. The number of anilines is 1. The zero-order valence-electron chi connectivity index (χ0n) is 13.9. The zero-order chi connectivity index (χ0) is 16.4. The highest BCUT2D eigenvalue weighted by atomic mass is 16.2. The molecule has 1 aromatic carbocycles. The van der Waals surface area contributed by atoms with Crippen molar-refractivity contribution >= 4 is 11.9 Å². The van der Waals surface area contributed by atoms with Crippen molar-refractivity contribution in [3.63, 3.8) is 0 Å². The molecule has 3 rings (SSSR count). The number of hydrogen-bond acceptors (Lipinski definition) is 4. The number of amides is 1. The standard InChI is InChI=1S/C18H22N4O/c1-13-11-14(2)20-18(19-13)21-9-10-22(15(3)23)17(12-21)16-7-5-4-6-8-16/h4-8,11,17H,9-10,12H2,1-3H3. The van der Waals surface area contributed by atoms with Crippen molar-refractivity contribution in [1.82, 2.24) is 14.9 Å². The number of carbonyl (C=O) groups excluding carboxylic acids is 1. The van der Waals surface area contributed by atoms with Crippen molar-refractivity contribution in [3.8, 4) is 0 Å². The maximum atomic E-state index is 12.0. The molecule has 1 aromatic heterocycles. The predicted molar refractivity (Wildman–Crippen MR) is 90.3 cm³/mol. The number of rotatable bonds is 2. The fourth-order valence-corrected chi connectivity index (χ4v) is 3.15. The third kappa shape index (κ3) is 3.33. The van der Waals surface area contributed by atoms with E-state index in [2.05, 4.69) is 27.0 Å². The molecule has 23 heavy (non-hydrogen) atoms. The first-order valence-electron chi connectivity index (χ1n) is 7.94. The third-order valence-corrected chi connectivity index (χ3v) is 4.22. The molecule has 2 aromatic rings. The van der Waals surface area contributed by atoms with Gasteiger partial charge in [0.1, 0.15) is 0 Å². The largest absolute Gasteiger partial charge is 0.337 e. The number of carbonyl (C=O) groups is 1. The second kappa shape index (κ2) is 6.36. The average molecular weight is 310 g/mol. The van der Waals surface area contributed by atoms with Crippen LogP contribution >= 0.6 is 0 Å². The van der Waals surface area contributed by atoms with Crippen molar-refractivity contribution in [3.05, 3.63) is 53.3 Å². The highest BCUT2D eigenvalue weighted by Crippen LogP contribution is 2.27. The molecule has 5 heteroatoms. The summed E-state index contributed by atoms with van der Waals surface area (Å²) < 4.78 is 0. The fraction of sp³-hybridized carbons (Fsp3) is 0.389. The van der Waals surface area contributed by atoms with E-state index in [0.717, 1.165) is 29.4 Å². The first kappa shape index (κ1) is 15.5. The van der Waals surface area contributed by atoms with Gasteiger partial charge in [0.15, 0.2) is 0 Å². The van der Waals surface area contributed by atoms with E-state index in [9.17, 15) is 4.79 Å². The minimum atomic E-state index is 0.0341. The van der Waals surface area contributed by atoms with Crippen LogP contribution in [0, 0.1) is 13.8 Å². The lowest BCUT2D eigenvalue weighted by atomic mass is 10.0. The van der Waals surface area contributed by atoms with Crippen LogP contribution in [0.2, 0.25) is 0 Å². The quantitative estimate of drug-likeness (QED) is 0.855. The minimum Gasteiger partial charge on any atom is -0.337 e. The molecule has 0 radical (unpaired) electrons. The highest BCUT2D eigenvalue weighted by molar-refractivity contribution is 5.74. The van der Waals surface area contributed by atoms with Crippen LogP contribution in [0.1, 0.15) is 29.9 Å². The fourth-order valence-electron chi connectivity index (χ4n) is 3.15. The van der Waals surface area contributed by atoms with Crippen LogP contribution < -0.4 is 4.90 Å². The monoisotopic (exact) mass is 310 g/mol. The van der Waals surface area contributed by atoms with Gasteiger partial charge in [-0.05, 0) is 25.5 Å². The number of hydrogen-bond donors (Lipinski definition) is 0. The second-order valence-corrected chi connectivity index (χ2v) is 6.04. The van der Waals surface area contributed by atoms with Crippen LogP contribution in [0.5, 0.6) is 0 Å². The summed E-state index contributed by atoms with van der Waals surface area (Å²) in [4.78, 5) is 25.3. The summed E-state index contributed by atoms with van der Waals surface area (Å²) in [7, 11) is 0. The molecule has 1 amide bonds. The molecule has 1 atom stereocenters. The van der Waals surface area contributed by atoms with Gasteiger partial charge in [-0.25, -0.2) is 9.97 Å². The lowest BCUT2D eigenvalue weighted by molar-refractivity contribution is -0.131. The topological polar surface area (TPSA) is 49.3 Å². The van der Waals surface area contributed by atoms with E-state index in [1.807, 2.05) is 43.0 Å². The summed E-state index contributed by atoms with van der Waals surface area (Å²) in [6.45, 7) is 7.76. The van der Waals surface area contributed by atoms with E-state index in [1.165, 1.54) is 0 Å². The van der Waals surface area contributed by atoms with Crippen LogP contribution in [0.25, 0.3) is 0 Å². The first-order chi connectivity index (χ1) is 11.0. The maximum absolute atomic E-state index is 12.0. The van der Waals surface area contributed by atoms with E-state index in [0.29, 0.717) is 13.1 Å². The highest BCUT2D eigenvalue weighted by Gasteiger charge is 2.31. The first-order valence-corrected chi connectivity index (χ1v) is 7.94. The molecule has 0 bridgehead atoms. The summed E-state index contributed by atoms with van der Waals surface area (Å²) in [5.41, 5.74) is 3.09. The lowest BCUT2D eigenvalue weighted by Gasteiger charge is -2.41. The zero-order valence-corrected chi connectivity index (χ0v) is 13.9. The molecule has 1 unspecified atom stereocenters. The Morgan fingerprint density at radius 2 is 1.74 bits per heavy atom. The Labute approximate surface area is 137 Å². The van der Waals surface area contributed by atoms with Gasteiger partial charge in [0.05, 0.1) is 6.04 Å². The summed E-state index contributed by atoms with van der Waals surface area (Å²) in [6.07, 6.45) is 0. The van der Waals surface area contributed by atoms with E-state index >= 15 is 0 Å². The summed E-state index contributed by atoms with van der Waals surface area (Å²) in [5.74, 6) is 0.867. The van der Waals surface area contributed by atoms with Gasteiger partial charge in [-0.2, -0.15) is 0 Å². The normalized spacial score (nSPS) is 18.1. The van der Waals surface area contributed by atoms with E-state index in [1.54, 1.807) is 6.92 Å². The molecular formula is C18H22N4O. The minimum absolute atomic E-state index is 0.0341. The molecule has 2 heterocycles. The van der Waals surface area contributed by atoms with Gasteiger partial charge in [-0.1, -0.05) is 30.3 Å². The Hall–Kier alpha value is -2.43. The summed E-state index contributed by atoms with van der Waals surface area (Å²) >= 11 is 0. The number of piperazine rings is 1. The summed E-state index contributed by atoms with van der Waals surface area (Å²) in [6, 6.07) is 12.2. The molecular weight excluding hydrogens is 288 g/mol. The summed E-state index contributed by atoms with van der Waals surface area (Å²) in [5, 5.41) is 0. The molecule has 1 aliphatic rings. The predicted octanol–water partition coefficient (Wildman–Crippen LogP) is 2.50. The van der Waals surface area contributed by atoms with Gasteiger partial charge >= 0.3 is 0 Å². The molecule has 0 aliphatic carbocycles. The number of nitrogens with zero attached hydrogens (tertiary/aromatic N) is 4. The van der Waals surface area contributed by atoms with Crippen LogP contribution in [0.3, 0.4) is 0 Å². The van der Waals surface area contributed by atoms with Crippen molar-refractivity contribution in [2.45, 2.75) is 26.8 Å².